The lowest BCUT2D eigenvalue weighted by atomic mass is 10.1. The van der Waals surface area contributed by atoms with E-state index in [9.17, 15) is 9.90 Å². The molecule has 0 aliphatic rings. The van der Waals surface area contributed by atoms with Gasteiger partial charge in [0.15, 0.2) is 5.82 Å². The predicted molar refractivity (Wildman–Crippen MR) is 115 cm³/mol. The fourth-order valence-electron chi connectivity index (χ4n) is 3.28. The summed E-state index contributed by atoms with van der Waals surface area (Å²) in [4.78, 5) is 17.3. The second-order valence-electron chi connectivity index (χ2n) is 6.93. The molecular weight excluding hydrogens is 376 g/mol. The molecule has 6 nitrogen and oxygen atoms in total. The summed E-state index contributed by atoms with van der Waals surface area (Å²) < 4.78 is 1.60. The van der Waals surface area contributed by atoms with Crippen molar-refractivity contribution < 1.29 is 9.90 Å². The summed E-state index contributed by atoms with van der Waals surface area (Å²) in [6.07, 6.45) is 3.96. The molecule has 6 heteroatoms. The number of aliphatic hydroxyl groups is 1. The zero-order valence-electron chi connectivity index (χ0n) is 16.3. The smallest absolute Gasteiger partial charge is 0.255 e. The highest BCUT2D eigenvalue weighted by Gasteiger charge is 2.18. The molecule has 1 amide bonds. The summed E-state index contributed by atoms with van der Waals surface area (Å²) in [7, 11) is 0. The summed E-state index contributed by atoms with van der Waals surface area (Å²) in [5, 5.41) is 17.2. The van der Waals surface area contributed by atoms with Crippen LogP contribution < -0.4 is 5.32 Å². The molecule has 2 aromatic carbocycles. The zero-order chi connectivity index (χ0) is 20.8. The molecule has 0 fully saturated rings. The van der Waals surface area contributed by atoms with Crippen LogP contribution >= 0.6 is 0 Å². The van der Waals surface area contributed by atoms with Crippen LogP contribution in [-0.4, -0.2) is 38.4 Å². The maximum absolute atomic E-state index is 13.0. The van der Waals surface area contributed by atoms with Gasteiger partial charge in [-0.25, -0.2) is 9.67 Å². The Morgan fingerprint density at radius 3 is 2.43 bits per heavy atom. The number of benzene rings is 2. The molecule has 2 aromatic heterocycles. The number of carbonyl (C=O) groups is 1. The molecule has 4 aromatic rings. The molecule has 2 N–H and O–H groups in total. The number of carbonyl (C=O) groups excluding carboxylic acids is 1. The first kappa shape index (κ1) is 19.5. The summed E-state index contributed by atoms with van der Waals surface area (Å²) in [5.74, 6) is 0.137. The van der Waals surface area contributed by atoms with Crippen LogP contribution in [0.3, 0.4) is 0 Å². The Labute approximate surface area is 174 Å². The van der Waals surface area contributed by atoms with E-state index in [1.807, 2.05) is 66.7 Å². The number of hydrogen-bond acceptors (Lipinski definition) is 4. The summed E-state index contributed by atoms with van der Waals surface area (Å²) in [6.45, 7) is -0.157. The summed E-state index contributed by atoms with van der Waals surface area (Å²) in [5.41, 5.74) is 3.22. The fourth-order valence-corrected chi connectivity index (χ4v) is 3.28. The monoisotopic (exact) mass is 398 g/mol. The van der Waals surface area contributed by atoms with Gasteiger partial charge in [-0.15, -0.1) is 0 Å². The first-order valence-electron chi connectivity index (χ1n) is 9.77. The Bertz CT molecular complexity index is 1110. The van der Waals surface area contributed by atoms with Crippen LogP contribution in [0.2, 0.25) is 0 Å². The minimum atomic E-state index is -0.398. The lowest BCUT2D eigenvalue weighted by Crippen LogP contribution is -2.39. The van der Waals surface area contributed by atoms with Gasteiger partial charge in [-0.1, -0.05) is 60.7 Å². The number of nitrogens with zero attached hydrogens (tertiary/aromatic N) is 3. The van der Waals surface area contributed by atoms with Gasteiger partial charge >= 0.3 is 0 Å². The zero-order valence-corrected chi connectivity index (χ0v) is 16.3. The van der Waals surface area contributed by atoms with E-state index in [4.69, 9.17) is 0 Å². The van der Waals surface area contributed by atoms with Crippen molar-refractivity contribution in [1.82, 2.24) is 20.1 Å². The second kappa shape index (κ2) is 9.15. The van der Waals surface area contributed by atoms with E-state index in [1.54, 1.807) is 29.2 Å². The molecule has 30 heavy (non-hydrogen) atoms. The molecule has 0 aliphatic carbocycles. The Balaban J connectivity index is 1.56. The molecule has 0 spiro atoms. The van der Waals surface area contributed by atoms with E-state index in [2.05, 4.69) is 15.4 Å². The van der Waals surface area contributed by atoms with Crippen LogP contribution in [0.25, 0.3) is 17.1 Å². The molecular formula is C24H22N4O2. The minimum Gasteiger partial charge on any atom is -0.394 e. The van der Waals surface area contributed by atoms with Gasteiger partial charge < -0.3 is 10.4 Å². The molecule has 0 bridgehead atoms. The highest BCUT2D eigenvalue weighted by Crippen LogP contribution is 2.19. The van der Waals surface area contributed by atoms with Gasteiger partial charge in [-0.2, -0.15) is 5.10 Å². The largest absolute Gasteiger partial charge is 0.394 e. The van der Waals surface area contributed by atoms with Crippen LogP contribution in [-0.2, 0) is 6.42 Å². The highest BCUT2D eigenvalue weighted by molar-refractivity contribution is 5.97. The van der Waals surface area contributed by atoms with Crippen LogP contribution in [0.15, 0.2) is 91.3 Å². The van der Waals surface area contributed by atoms with Crippen LogP contribution in [0, 0.1) is 0 Å². The Hall–Kier alpha value is -3.77. The summed E-state index contributed by atoms with van der Waals surface area (Å²) in [6, 6.07) is 24.5. The molecule has 4 rings (SSSR count). The van der Waals surface area contributed by atoms with Gasteiger partial charge in [-0.3, -0.25) is 4.79 Å². The topological polar surface area (TPSA) is 80.0 Å². The second-order valence-corrected chi connectivity index (χ2v) is 6.93. The maximum Gasteiger partial charge on any atom is 0.255 e. The number of hydrogen-bond donors (Lipinski definition) is 2. The molecule has 0 radical (unpaired) electrons. The molecule has 0 saturated carbocycles. The molecule has 2 heterocycles. The van der Waals surface area contributed by atoms with E-state index < -0.39 is 6.04 Å². The molecule has 1 atom stereocenters. The Kier molecular flexibility index (Phi) is 5.96. The van der Waals surface area contributed by atoms with Gasteiger partial charge in [0.2, 0.25) is 0 Å². The van der Waals surface area contributed by atoms with E-state index in [-0.39, 0.29) is 12.5 Å². The number of nitrogens with one attached hydrogen (secondary N) is 1. The van der Waals surface area contributed by atoms with Crippen molar-refractivity contribution in [2.24, 2.45) is 0 Å². The third kappa shape index (κ3) is 4.45. The average Bonchev–Trinajstić information content (AvgIpc) is 3.30. The highest BCUT2D eigenvalue weighted by atomic mass is 16.3. The van der Waals surface area contributed by atoms with Gasteiger partial charge in [-0.05, 0) is 30.2 Å². The minimum absolute atomic E-state index is 0.157. The number of pyridine rings is 1. The quantitative estimate of drug-likeness (QED) is 0.501. The molecule has 150 valence electrons. The van der Waals surface area contributed by atoms with E-state index >= 15 is 0 Å². The van der Waals surface area contributed by atoms with Crippen molar-refractivity contribution in [1.29, 1.82) is 0 Å². The van der Waals surface area contributed by atoms with Crippen molar-refractivity contribution in [2.45, 2.75) is 12.5 Å². The van der Waals surface area contributed by atoms with Crippen molar-refractivity contribution in [3.63, 3.8) is 0 Å². The third-order valence-electron chi connectivity index (χ3n) is 4.79. The van der Waals surface area contributed by atoms with Crippen molar-refractivity contribution in [2.75, 3.05) is 6.61 Å². The van der Waals surface area contributed by atoms with Crippen LogP contribution in [0.5, 0.6) is 0 Å². The molecule has 0 unspecified atom stereocenters. The van der Waals surface area contributed by atoms with Gasteiger partial charge in [0.1, 0.15) is 0 Å². The lowest BCUT2D eigenvalue weighted by Gasteiger charge is -2.17. The average molecular weight is 398 g/mol. The number of rotatable bonds is 7. The van der Waals surface area contributed by atoms with Gasteiger partial charge in [0.25, 0.3) is 5.91 Å². The maximum atomic E-state index is 13.0. The van der Waals surface area contributed by atoms with Crippen LogP contribution in [0.4, 0.5) is 0 Å². The van der Waals surface area contributed by atoms with Gasteiger partial charge in [0.05, 0.1) is 23.9 Å². The number of aliphatic hydroxyl groups excluding tert-OH is 1. The first-order chi connectivity index (χ1) is 14.7. The SMILES string of the molecule is O=C(N[C@H](CO)Cc1ccccc1)c1cccnc1-n1ccc(-c2ccccc2)n1. The van der Waals surface area contributed by atoms with Crippen LogP contribution in [0.1, 0.15) is 15.9 Å². The van der Waals surface area contributed by atoms with E-state index in [0.29, 0.717) is 17.8 Å². The lowest BCUT2D eigenvalue weighted by molar-refractivity contribution is 0.0916. The Morgan fingerprint density at radius 2 is 1.70 bits per heavy atom. The Morgan fingerprint density at radius 1 is 0.967 bits per heavy atom. The molecule has 0 aliphatic heterocycles. The number of aromatic nitrogens is 3. The van der Waals surface area contributed by atoms with E-state index in [1.165, 1.54) is 0 Å². The van der Waals surface area contributed by atoms with E-state index in [0.717, 1.165) is 16.8 Å². The van der Waals surface area contributed by atoms with Crippen molar-refractivity contribution in [3.05, 3.63) is 102 Å². The third-order valence-corrected chi connectivity index (χ3v) is 4.79. The first-order valence-corrected chi connectivity index (χ1v) is 9.77. The van der Waals surface area contributed by atoms with Crippen molar-refractivity contribution >= 4 is 5.91 Å². The number of amides is 1. The predicted octanol–water partition coefficient (Wildman–Crippen LogP) is 3.27. The van der Waals surface area contributed by atoms with Crippen molar-refractivity contribution in [3.8, 4) is 17.1 Å². The molecule has 0 saturated heterocycles. The van der Waals surface area contributed by atoms with Gasteiger partial charge in [0, 0.05) is 18.0 Å². The standard InChI is InChI=1S/C24H22N4O2/c29-17-20(16-18-8-3-1-4-9-18)26-24(30)21-12-7-14-25-23(21)28-15-13-22(27-28)19-10-5-2-6-11-19/h1-15,20,29H,16-17H2,(H,26,30)/t20-/m0/s1. The summed E-state index contributed by atoms with van der Waals surface area (Å²) >= 11 is 0. The fraction of sp³-hybridized carbons (Fsp3) is 0.125. The normalized spacial score (nSPS) is 11.8.